The van der Waals surface area contributed by atoms with E-state index in [0.717, 1.165) is 0 Å². The van der Waals surface area contributed by atoms with Crippen LogP contribution in [-0.2, 0) is 6.61 Å². The first-order valence-electron chi connectivity index (χ1n) is 4.19. The molecular formula is C9H10F3NO2. The molecule has 1 N–H and O–H groups in total. The highest BCUT2D eigenvalue weighted by Crippen LogP contribution is 2.18. The number of nitrogens with zero attached hydrogens (tertiary/aromatic N) is 1. The van der Waals surface area contributed by atoms with E-state index in [1.807, 2.05) is 0 Å². The highest BCUT2D eigenvalue weighted by Gasteiger charge is 2.28. The molecule has 15 heavy (non-hydrogen) atoms. The summed E-state index contributed by atoms with van der Waals surface area (Å²) in [6.07, 6.45) is -4.37. The maximum Gasteiger partial charge on any atom is 0.422 e. The third-order valence-corrected chi connectivity index (χ3v) is 1.72. The highest BCUT2D eigenvalue weighted by molar-refractivity contribution is 5.24. The number of hydrogen-bond acceptors (Lipinski definition) is 3. The SMILES string of the molecule is Cc1nc(OCC(F)(F)F)ccc1CO. The van der Waals surface area contributed by atoms with Crippen LogP contribution in [0.4, 0.5) is 13.2 Å². The fraction of sp³-hybridized carbons (Fsp3) is 0.444. The second-order valence-corrected chi connectivity index (χ2v) is 2.96. The fourth-order valence-corrected chi connectivity index (χ4v) is 0.970. The van der Waals surface area contributed by atoms with Crippen LogP contribution in [0.2, 0.25) is 0 Å². The average molecular weight is 221 g/mol. The zero-order valence-electron chi connectivity index (χ0n) is 8.01. The molecule has 0 aliphatic rings. The first-order valence-corrected chi connectivity index (χ1v) is 4.19. The number of pyridine rings is 1. The largest absolute Gasteiger partial charge is 0.468 e. The zero-order valence-corrected chi connectivity index (χ0v) is 8.01. The molecule has 0 aliphatic heterocycles. The van der Waals surface area contributed by atoms with Crippen molar-refractivity contribution >= 4 is 0 Å². The van der Waals surface area contributed by atoms with E-state index in [1.165, 1.54) is 12.1 Å². The Bertz CT molecular complexity index is 339. The molecule has 0 atom stereocenters. The van der Waals surface area contributed by atoms with Crippen LogP contribution < -0.4 is 4.74 Å². The molecule has 0 aliphatic carbocycles. The van der Waals surface area contributed by atoms with Gasteiger partial charge in [0, 0.05) is 11.8 Å². The smallest absolute Gasteiger partial charge is 0.422 e. The molecule has 1 aromatic heterocycles. The number of aryl methyl sites for hydroxylation is 1. The lowest BCUT2D eigenvalue weighted by Gasteiger charge is -2.09. The monoisotopic (exact) mass is 221 g/mol. The number of halogens is 3. The third kappa shape index (κ3) is 3.75. The maximum absolute atomic E-state index is 11.8. The molecule has 6 heteroatoms. The van der Waals surface area contributed by atoms with Crippen molar-refractivity contribution in [1.29, 1.82) is 0 Å². The highest BCUT2D eigenvalue weighted by atomic mass is 19.4. The zero-order chi connectivity index (χ0) is 11.5. The Kier molecular flexibility index (Phi) is 3.52. The van der Waals surface area contributed by atoms with Gasteiger partial charge in [-0.2, -0.15) is 13.2 Å². The van der Waals surface area contributed by atoms with E-state index in [2.05, 4.69) is 9.72 Å². The number of aromatic nitrogens is 1. The summed E-state index contributed by atoms with van der Waals surface area (Å²) in [5.41, 5.74) is 1.02. The van der Waals surface area contributed by atoms with Crippen LogP contribution in [0.3, 0.4) is 0 Å². The van der Waals surface area contributed by atoms with Crippen molar-refractivity contribution in [2.75, 3.05) is 6.61 Å². The van der Waals surface area contributed by atoms with Gasteiger partial charge in [-0.1, -0.05) is 0 Å². The van der Waals surface area contributed by atoms with E-state index in [9.17, 15) is 13.2 Å². The lowest BCUT2D eigenvalue weighted by atomic mass is 10.2. The summed E-state index contributed by atoms with van der Waals surface area (Å²) in [7, 11) is 0. The summed E-state index contributed by atoms with van der Waals surface area (Å²) in [5, 5.41) is 8.81. The van der Waals surface area contributed by atoms with Gasteiger partial charge in [0.05, 0.1) is 6.61 Å². The van der Waals surface area contributed by atoms with Gasteiger partial charge in [0.25, 0.3) is 0 Å². The van der Waals surface area contributed by atoms with Gasteiger partial charge < -0.3 is 9.84 Å². The molecule has 0 bridgehead atoms. The quantitative estimate of drug-likeness (QED) is 0.846. The van der Waals surface area contributed by atoms with E-state index >= 15 is 0 Å². The van der Waals surface area contributed by atoms with Gasteiger partial charge in [0.15, 0.2) is 6.61 Å². The van der Waals surface area contributed by atoms with E-state index in [-0.39, 0.29) is 12.5 Å². The Morgan fingerprint density at radius 3 is 2.53 bits per heavy atom. The van der Waals surface area contributed by atoms with Crippen molar-refractivity contribution in [1.82, 2.24) is 4.98 Å². The molecular weight excluding hydrogens is 211 g/mol. The molecule has 0 unspecified atom stereocenters. The fourth-order valence-electron chi connectivity index (χ4n) is 0.970. The number of rotatable bonds is 3. The average Bonchev–Trinajstić information content (AvgIpc) is 2.14. The summed E-state index contributed by atoms with van der Waals surface area (Å²) >= 11 is 0. The molecule has 0 fully saturated rings. The van der Waals surface area contributed by atoms with Crippen LogP contribution in [0.15, 0.2) is 12.1 Å². The number of alkyl halides is 3. The second kappa shape index (κ2) is 4.48. The van der Waals surface area contributed by atoms with Crippen molar-refractivity contribution in [3.63, 3.8) is 0 Å². The molecule has 1 aromatic rings. The maximum atomic E-state index is 11.8. The van der Waals surface area contributed by atoms with E-state index in [0.29, 0.717) is 11.3 Å². The van der Waals surface area contributed by atoms with Gasteiger partial charge in [-0.25, -0.2) is 4.98 Å². The number of aliphatic hydroxyl groups is 1. The Morgan fingerprint density at radius 1 is 1.40 bits per heavy atom. The lowest BCUT2D eigenvalue weighted by molar-refractivity contribution is -0.154. The molecule has 0 radical (unpaired) electrons. The van der Waals surface area contributed by atoms with Crippen LogP contribution in [0, 0.1) is 6.92 Å². The molecule has 0 saturated heterocycles. The van der Waals surface area contributed by atoms with Crippen LogP contribution >= 0.6 is 0 Å². The van der Waals surface area contributed by atoms with Crippen molar-refractivity contribution in [3.8, 4) is 5.88 Å². The van der Waals surface area contributed by atoms with E-state index in [1.54, 1.807) is 6.92 Å². The molecule has 0 amide bonds. The van der Waals surface area contributed by atoms with Gasteiger partial charge in [0.2, 0.25) is 5.88 Å². The minimum atomic E-state index is -4.37. The standard InChI is InChI=1S/C9H10F3NO2/c1-6-7(4-14)2-3-8(13-6)15-5-9(10,11)12/h2-3,14H,4-5H2,1H3. The molecule has 1 rings (SSSR count). The van der Waals surface area contributed by atoms with Gasteiger partial charge in [-0.3, -0.25) is 0 Å². The Balaban J connectivity index is 2.68. The minimum Gasteiger partial charge on any atom is -0.468 e. The van der Waals surface area contributed by atoms with Gasteiger partial charge >= 0.3 is 6.18 Å². The first kappa shape index (κ1) is 11.8. The molecule has 0 aromatic carbocycles. The van der Waals surface area contributed by atoms with E-state index < -0.39 is 12.8 Å². The molecule has 1 heterocycles. The summed E-state index contributed by atoms with van der Waals surface area (Å²) < 4.78 is 39.8. The molecule has 0 saturated carbocycles. The predicted molar refractivity (Wildman–Crippen MR) is 46.4 cm³/mol. The minimum absolute atomic E-state index is 0.0953. The number of aliphatic hydroxyl groups excluding tert-OH is 1. The second-order valence-electron chi connectivity index (χ2n) is 2.96. The molecule has 0 spiro atoms. The summed E-state index contributed by atoms with van der Waals surface area (Å²) in [6, 6.07) is 2.78. The Morgan fingerprint density at radius 2 is 2.07 bits per heavy atom. The van der Waals surface area contributed by atoms with Crippen LogP contribution in [-0.4, -0.2) is 22.9 Å². The van der Waals surface area contributed by atoms with Crippen molar-refractivity contribution in [3.05, 3.63) is 23.4 Å². The molecule has 84 valence electrons. The normalized spacial score (nSPS) is 11.5. The first-order chi connectivity index (χ1) is 6.92. The van der Waals surface area contributed by atoms with Crippen molar-refractivity contribution < 1.29 is 23.0 Å². The van der Waals surface area contributed by atoms with Crippen molar-refractivity contribution in [2.45, 2.75) is 19.7 Å². The topological polar surface area (TPSA) is 42.4 Å². The number of hydrogen-bond donors (Lipinski definition) is 1. The van der Waals surface area contributed by atoms with Crippen LogP contribution in [0.25, 0.3) is 0 Å². The summed E-state index contributed by atoms with van der Waals surface area (Å²) in [6.45, 7) is 0.0301. The third-order valence-electron chi connectivity index (χ3n) is 1.72. The number of ether oxygens (including phenoxy) is 1. The Labute approximate surface area is 84.5 Å². The lowest BCUT2D eigenvalue weighted by Crippen LogP contribution is -2.19. The predicted octanol–water partition coefficient (Wildman–Crippen LogP) is 1.82. The van der Waals surface area contributed by atoms with Crippen molar-refractivity contribution in [2.24, 2.45) is 0 Å². The van der Waals surface area contributed by atoms with Gasteiger partial charge in [-0.05, 0) is 18.6 Å². The summed E-state index contributed by atoms with van der Waals surface area (Å²) in [4.78, 5) is 3.76. The van der Waals surface area contributed by atoms with Crippen LogP contribution in [0.1, 0.15) is 11.3 Å². The van der Waals surface area contributed by atoms with Crippen LogP contribution in [0.5, 0.6) is 5.88 Å². The Hall–Kier alpha value is -1.30. The van der Waals surface area contributed by atoms with Gasteiger partial charge in [-0.15, -0.1) is 0 Å². The van der Waals surface area contributed by atoms with Gasteiger partial charge in [0.1, 0.15) is 0 Å². The summed E-state index contributed by atoms with van der Waals surface area (Å²) in [5.74, 6) is -0.0953. The molecule has 3 nitrogen and oxygen atoms in total. The van der Waals surface area contributed by atoms with E-state index in [4.69, 9.17) is 5.11 Å².